The van der Waals surface area contributed by atoms with Gasteiger partial charge >= 0.3 is 5.97 Å². The predicted molar refractivity (Wildman–Crippen MR) is 154 cm³/mol. The van der Waals surface area contributed by atoms with Crippen LogP contribution in [0.25, 0.3) is 11.1 Å². The minimum absolute atomic E-state index is 0.294. The lowest BCUT2D eigenvalue weighted by Crippen LogP contribution is -2.42. The number of rotatable bonds is 12. The summed E-state index contributed by atoms with van der Waals surface area (Å²) < 4.78 is 7.19. The third-order valence-electron chi connectivity index (χ3n) is 7.20. The number of benzene rings is 2. The Morgan fingerprint density at radius 1 is 1.13 bits per heavy atom. The number of carbonyl (C=O) groups is 2. The second kappa shape index (κ2) is 14.0. The van der Waals surface area contributed by atoms with Crippen molar-refractivity contribution < 1.29 is 14.3 Å². The minimum Gasteiger partial charge on any atom is -0.467 e. The number of carbonyl (C=O) groups excluding carboxylic acids is 2. The van der Waals surface area contributed by atoms with Crippen molar-refractivity contribution in [2.75, 3.05) is 24.4 Å². The average Bonchev–Trinajstić information content (AvgIpc) is 3.41. The van der Waals surface area contributed by atoms with Crippen molar-refractivity contribution >= 4 is 29.3 Å². The van der Waals surface area contributed by atoms with Gasteiger partial charge in [0.2, 0.25) is 0 Å². The van der Waals surface area contributed by atoms with Crippen LogP contribution in [-0.2, 0) is 22.6 Å². The van der Waals surface area contributed by atoms with E-state index in [-0.39, 0.29) is 5.91 Å². The Hall–Kier alpha value is -3.26. The van der Waals surface area contributed by atoms with Gasteiger partial charge in [0.1, 0.15) is 6.04 Å². The first-order valence-electron chi connectivity index (χ1n) is 13.4. The van der Waals surface area contributed by atoms with Crippen molar-refractivity contribution in [3.8, 4) is 11.1 Å². The Morgan fingerprint density at radius 2 is 1.92 bits per heavy atom. The van der Waals surface area contributed by atoms with Crippen molar-refractivity contribution in [1.82, 2.24) is 14.9 Å². The highest BCUT2D eigenvalue weighted by atomic mass is 32.2. The standard InChI is InChI=1S/C30H38N4O3S/c1-37-30(36)28(15-16-38-2)33-29(35)26-14-13-24(17-27(26)23-11-7-4-8-12-23)32-19-25-18-31-21-34(25)20-22-9-5-3-6-10-22/h4,7-8,11-14,17-18,21-22,28,32H,3,5-6,9-10,15-16,19-20H2,1-2H3,(H,33,35)/t28-/m0/s1. The topological polar surface area (TPSA) is 85.2 Å². The van der Waals surface area contributed by atoms with E-state index in [4.69, 9.17) is 4.74 Å². The maximum Gasteiger partial charge on any atom is 0.328 e. The van der Waals surface area contributed by atoms with Gasteiger partial charge in [-0.1, -0.05) is 49.6 Å². The Bertz CT molecular complexity index is 1190. The zero-order valence-corrected chi connectivity index (χ0v) is 23.1. The molecule has 38 heavy (non-hydrogen) atoms. The van der Waals surface area contributed by atoms with E-state index in [1.54, 1.807) is 11.8 Å². The normalized spacial score (nSPS) is 14.6. The summed E-state index contributed by atoms with van der Waals surface area (Å²) in [4.78, 5) is 30.0. The van der Waals surface area contributed by atoms with E-state index in [2.05, 4.69) is 20.2 Å². The van der Waals surface area contributed by atoms with Crippen LogP contribution < -0.4 is 10.6 Å². The van der Waals surface area contributed by atoms with Gasteiger partial charge in [-0.15, -0.1) is 0 Å². The Kier molecular flexibility index (Phi) is 10.3. The van der Waals surface area contributed by atoms with Gasteiger partial charge in [-0.3, -0.25) is 4.79 Å². The number of nitrogens with one attached hydrogen (secondary N) is 2. The zero-order valence-electron chi connectivity index (χ0n) is 22.3. The third kappa shape index (κ3) is 7.40. The molecule has 1 aromatic heterocycles. The molecule has 2 N–H and O–H groups in total. The number of anilines is 1. The van der Waals surface area contributed by atoms with Crippen LogP contribution in [-0.4, -0.2) is 46.6 Å². The van der Waals surface area contributed by atoms with E-state index < -0.39 is 12.0 Å². The highest BCUT2D eigenvalue weighted by Crippen LogP contribution is 2.28. The number of esters is 1. The van der Waals surface area contributed by atoms with Crippen LogP contribution >= 0.6 is 11.8 Å². The maximum absolute atomic E-state index is 13.4. The quantitative estimate of drug-likeness (QED) is 0.287. The van der Waals surface area contributed by atoms with Crippen molar-refractivity contribution in [3.05, 3.63) is 72.3 Å². The van der Waals surface area contributed by atoms with Crippen LogP contribution in [0.15, 0.2) is 61.1 Å². The van der Waals surface area contributed by atoms with E-state index >= 15 is 0 Å². The Labute approximate surface area is 229 Å². The lowest BCUT2D eigenvalue weighted by Gasteiger charge is -2.23. The first-order chi connectivity index (χ1) is 18.6. The molecule has 0 aliphatic heterocycles. The van der Waals surface area contributed by atoms with Gasteiger partial charge in [-0.25, -0.2) is 9.78 Å². The highest BCUT2D eigenvalue weighted by molar-refractivity contribution is 7.98. The number of imidazole rings is 1. The molecule has 1 heterocycles. The van der Waals surface area contributed by atoms with Gasteiger partial charge < -0.3 is 19.9 Å². The van der Waals surface area contributed by atoms with Crippen LogP contribution in [0.4, 0.5) is 5.69 Å². The van der Waals surface area contributed by atoms with Crippen LogP contribution in [0.2, 0.25) is 0 Å². The largest absolute Gasteiger partial charge is 0.467 e. The van der Waals surface area contributed by atoms with E-state index in [1.165, 1.54) is 39.2 Å². The van der Waals surface area contributed by atoms with Gasteiger partial charge in [0, 0.05) is 24.0 Å². The van der Waals surface area contributed by atoms with Crippen molar-refractivity contribution in [3.63, 3.8) is 0 Å². The number of amides is 1. The van der Waals surface area contributed by atoms with E-state index in [0.29, 0.717) is 18.5 Å². The summed E-state index contributed by atoms with van der Waals surface area (Å²) in [7, 11) is 1.34. The van der Waals surface area contributed by atoms with Gasteiger partial charge in [-0.2, -0.15) is 11.8 Å². The van der Waals surface area contributed by atoms with Gasteiger partial charge in [0.05, 0.1) is 25.7 Å². The smallest absolute Gasteiger partial charge is 0.328 e. The number of ether oxygens (including phenoxy) is 1. The fraction of sp³-hybridized carbons (Fsp3) is 0.433. The van der Waals surface area contributed by atoms with Crippen molar-refractivity contribution in [1.29, 1.82) is 0 Å². The monoisotopic (exact) mass is 534 g/mol. The summed E-state index contributed by atoms with van der Waals surface area (Å²) in [6.07, 6.45) is 12.9. The summed E-state index contributed by atoms with van der Waals surface area (Å²) in [6.45, 7) is 1.66. The number of thioether (sulfide) groups is 1. The summed E-state index contributed by atoms with van der Waals surface area (Å²) >= 11 is 1.62. The molecule has 0 spiro atoms. The summed E-state index contributed by atoms with van der Waals surface area (Å²) in [5.74, 6) is 0.740. The molecule has 1 fully saturated rings. The molecule has 3 aromatic rings. The molecule has 1 atom stereocenters. The predicted octanol–water partition coefficient (Wildman–Crippen LogP) is 5.77. The van der Waals surface area contributed by atoms with Crippen LogP contribution in [0, 0.1) is 5.92 Å². The number of nitrogens with zero attached hydrogens (tertiary/aromatic N) is 2. The van der Waals surface area contributed by atoms with E-state index in [1.807, 2.05) is 67.3 Å². The summed E-state index contributed by atoms with van der Waals surface area (Å²) in [6, 6.07) is 14.9. The lowest BCUT2D eigenvalue weighted by molar-refractivity contribution is -0.142. The minimum atomic E-state index is -0.689. The zero-order chi connectivity index (χ0) is 26.7. The molecular weight excluding hydrogens is 496 g/mol. The molecule has 0 bridgehead atoms. The average molecular weight is 535 g/mol. The molecule has 1 aliphatic carbocycles. The van der Waals surface area contributed by atoms with E-state index in [0.717, 1.165) is 40.7 Å². The number of methoxy groups -OCH3 is 1. The van der Waals surface area contributed by atoms with Crippen molar-refractivity contribution in [2.45, 2.75) is 57.7 Å². The second-order valence-electron chi connectivity index (χ2n) is 9.85. The highest BCUT2D eigenvalue weighted by Gasteiger charge is 2.23. The summed E-state index contributed by atoms with van der Waals surface area (Å²) in [5.41, 5.74) is 4.31. The first-order valence-corrected chi connectivity index (χ1v) is 14.8. The molecule has 1 aliphatic rings. The molecule has 2 aromatic carbocycles. The molecule has 4 rings (SSSR count). The molecule has 0 radical (unpaired) electrons. The SMILES string of the molecule is COC(=O)[C@H](CCSC)NC(=O)c1ccc(NCc2cncn2CC2CCCCC2)cc1-c1ccccc1. The fourth-order valence-electron chi connectivity index (χ4n) is 5.07. The second-order valence-corrected chi connectivity index (χ2v) is 10.8. The number of hydrogen-bond acceptors (Lipinski definition) is 6. The molecule has 202 valence electrons. The van der Waals surface area contributed by atoms with E-state index in [9.17, 15) is 9.59 Å². The van der Waals surface area contributed by atoms with Crippen LogP contribution in [0.1, 0.15) is 54.6 Å². The van der Waals surface area contributed by atoms with Gasteiger partial charge in [0.25, 0.3) is 5.91 Å². The molecule has 0 unspecified atom stereocenters. The maximum atomic E-state index is 13.4. The lowest BCUT2D eigenvalue weighted by atomic mass is 9.89. The third-order valence-corrected chi connectivity index (χ3v) is 7.85. The molecule has 0 saturated heterocycles. The Morgan fingerprint density at radius 3 is 2.66 bits per heavy atom. The van der Waals surface area contributed by atoms with Crippen molar-refractivity contribution in [2.24, 2.45) is 5.92 Å². The molecule has 1 amide bonds. The number of aromatic nitrogens is 2. The van der Waals surface area contributed by atoms with Gasteiger partial charge in [-0.05, 0) is 66.5 Å². The van der Waals surface area contributed by atoms with Crippen LogP contribution in [0.3, 0.4) is 0 Å². The molecule has 8 heteroatoms. The first kappa shape index (κ1) is 27.8. The number of hydrogen-bond donors (Lipinski definition) is 2. The fourth-order valence-corrected chi connectivity index (χ4v) is 5.54. The molecular formula is C30H38N4O3S. The molecule has 7 nitrogen and oxygen atoms in total. The summed E-state index contributed by atoms with van der Waals surface area (Å²) in [5, 5.41) is 6.42. The Balaban J connectivity index is 1.52. The molecule has 1 saturated carbocycles. The van der Waals surface area contributed by atoms with Crippen LogP contribution in [0.5, 0.6) is 0 Å². The van der Waals surface area contributed by atoms with Gasteiger partial charge in [0.15, 0.2) is 0 Å².